The Morgan fingerprint density at radius 3 is 2.48 bits per heavy atom. The summed E-state index contributed by atoms with van der Waals surface area (Å²) < 4.78 is 35.7. The van der Waals surface area contributed by atoms with E-state index in [1.807, 2.05) is 30.3 Å². The maximum atomic E-state index is 12.2. The third-order valence-corrected chi connectivity index (χ3v) is 6.06. The molecule has 1 N–H and O–H groups in total. The molecule has 23 heavy (non-hydrogen) atoms. The second kappa shape index (κ2) is 4.56. The van der Waals surface area contributed by atoms with Crippen LogP contribution in [0.1, 0.15) is 24.2 Å². The lowest BCUT2D eigenvalue weighted by Crippen LogP contribution is -2.56. The predicted molar refractivity (Wildman–Crippen MR) is 83.4 cm³/mol. The van der Waals surface area contributed by atoms with Gasteiger partial charge in [0.15, 0.2) is 11.7 Å². The van der Waals surface area contributed by atoms with E-state index >= 15 is 0 Å². The van der Waals surface area contributed by atoms with Crippen LogP contribution in [0.3, 0.4) is 0 Å². The number of rotatable bonds is 1. The fourth-order valence-electron chi connectivity index (χ4n) is 3.53. The van der Waals surface area contributed by atoms with Crippen LogP contribution >= 0.6 is 0 Å². The van der Waals surface area contributed by atoms with Crippen molar-refractivity contribution >= 4 is 10.1 Å². The highest BCUT2D eigenvalue weighted by molar-refractivity contribution is 7.87. The molecule has 2 aliphatic rings. The number of hydrogen-bond donors (Lipinski definition) is 1. The van der Waals surface area contributed by atoms with Crippen LogP contribution in [-0.4, -0.2) is 24.9 Å². The van der Waals surface area contributed by atoms with Crippen molar-refractivity contribution in [1.82, 2.24) is 0 Å². The molecule has 5 nitrogen and oxygen atoms in total. The molecule has 0 aliphatic carbocycles. The molecule has 2 aromatic carbocycles. The van der Waals surface area contributed by atoms with E-state index in [4.69, 9.17) is 8.92 Å². The summed E-state index contributed by atoms with van der Waals surface area (Å²) in [4.78, 5) is 0. The number of fused-ring (bicyclic) bond motifs is 3. The zero-order chi connectivity index (χ0) is 16.3. The number of hydrogen-bond acceptors (Lipinski definition) is 5. The van der Waals surface area contributed by atoms with Gasteiger partial charge < -0.3 is 9.84 Å². The summed E-state index contributed by atoms with van der Waals surface area (Å²) in [5.74, 6) is -0.0118. The molecule has 2 aromatic rings. The van der Waals surface area contributed by atoms with Crippen molar-refractivity contribution in [2.45, 2.75) is 24.2 Å². The molecule has 120 valence electrons. The van der Waals surface area contributed by atoms with E-state index < -0.39 is 33.2 Å². The lowest BCUT2D eigenvalue weighted by Gasteiger charge is -2.46. The molecule has 0 radical (unpaired) electrons. The first kappa shape index (κ1) is 14.7. The highest BCUT2D eigenvalue weighted by atomic mass is 32.2. The summed E-state index contributed by atoms with van der Waals surface area (Å²) in [7, 11) is -3.86. The van der Waals surface area contributed by atoms with E-state index in [0.717, 1.165) is 5.56 Å². The van der Waals surface area contributed by atoms with Gasteiger partial charge in [-0.05, 0) is 18.6 Å². The van der Waals surface area contributed by atoms with E-state index in [1.54, 1.807) is 31.2 Å². The van der Waals surface area contributed by atoms with Crippen LogP contribution in [0.15, 0.2) is 54.6 Å². The van der Waals surface area contributed by atoms with Crippen molar-refractivity contribution in [3.05, 3.63) is 65.7 Å². The van der Waals surface area contributed by atoms with Crippen molar-refractivity contribution in [1.29, 1.82) is 0 Å². The van der Waals surface area contributed by atoms with Gasteiger partial charge >= 0.3 is 0 Å². The summed E-state index contributed by atoms with van der Waals surface area (Å²) in [6.07, 6.45) is -0.735. The third-order valence-electron chi connectivity index (χ3n) is 4.69. The Bertz CT molecular complexity index is 864. The predicted octanol–water partition coefficient (Wildman–Crippen LogP) is 2.13. The minimum Gasteiger partial charge on any atom is -0.482 e. The van der Waals surface area contributed by atoms with Crippen molar-refractivity contribution in [2.24, 2.45) is 0 Å². The summed E-state index contributed by atoms with van der Waals surface area (Å²) in [5.41, 5.74) is -1.90. The molecule has 0 spiro atoms. The van der Waals surface area contributed by atoms with Gasteiger partial charge in [-0.25, -0.2) is 0 Å². The molecule has 4 rings (SSSR count). The number of aliphatic hydroxyl groups is 1. The van der Waals surface area contributed by atoms with Gasteiger partial charge in [0.25, 0.3) is 10.1 Å². The normalized spacial score (nSPS) is 34.3. The summed E-state index contributed by atoms with van der Waals surface area (Å²) in [6, 6.07) is 16.1. The lowest BCUT2D eigenvalue weighted by molar-refractivity contribution is -0.162. The molecule has 0 saturated carbocycles. The smallest absolute Gasteiger partial charge is 0.271 e. The van der Waals surface area contributed by atoms with Gasteiger partial charge in [-0.1, -0.05) is 48.5 Å². The van der Waals surface area contributed by atoms with Crippen LogP contribution in [0.5, 0.6) is 5.75 Å². The molecule has 0 bridgehead atoms. The number of benzene rings is 2. The molecule has 3 atom stereocenters. The Morgan fingerprint density at radius 1 is 1.09 bits per heavy atom. The first-order chi connectivity index (χ1) is 10.9. The van der Waals surface area contributed by atoms with Crippen LogP contribution in [0.4, 0.5) is 0 Å². The highest BCUT2D eigenvalue weighted by Gasteiger charge is 2.68. The molecular formula is C17H16O5S. The molecule has 1 saturated heterocycles. The first-order valence-electron chi connectivity index (χ1n) is 7.33. The summed E-state index contributed by atoms with van der Waals surface area (Å²) in [6.45, 7) is 1.59. The maximum absolute atomic E-state index is 12.2. The SMILES string of the molecule is C[C@@]12OS(=O)(=O)C[C@]1(O)c1ccccc1O[C@H]2c1ccccc1. The fourth-order valence-corrected chi connectivity index (χ4v) is 5.30. The van der Waals surface area contributed by atoms with E-state index in [0.29, 0.717) is 11.3 Å². The largest absolute Gasteiger partial charge is 0.482 e. The van der Waals surface area contributed by atoms with Crippen LogP contribution in [0.2, 0.25) is 0 Å². The van der Waals surface area contributed by atoms with Crippen molar-refractivity contribution in [2.75, 3.05) is 5.75 Å². The Labute approximate surface area is 134 Å². The second-order valence-corrected chi connectivity index (χ2v) is 7.73. The standard InChI is InChI=1S/C17H16O5S/c1-16-15(12-7-3-2-4-8-12)21-14-10-6-5-9-13(14)17(16,18)11-23(19,20)22-16/h2-10,15,18H,11H2,1H3/t15-,16-,17-/m0/s1. The first-order valence-corrected chi connectivity index (χ1v) is 8.90. The van der Waals surface area contributed by atoms with Crippen LogP contribution < -0.4 is 4.74 Å². The Kier molecular flexibility index (Phi) is 2.91. The highest BCUT2D eigenvalue weighted by Crippen LogP contribution is 2.57. The topological polar surface area (TPSA) is 72.8 Å². The number of para-hydroxylation sites is 1. The average Bonchev–Trinajstić information content (AvgIpc) is 2.72. The summed E-state index contributed by atoms with van der Waals surface area (Å²) in [5, 5.41) is 11.3. The van der Waals surface area contributed by atoms with Crippen molar-refractivity contribution < 1.29 is 22.4 Å². The van der Waals surface area contributed by atoms with Crippen molar-refractivity contribution in [3.63, 3.8) is 0 Å². The van der Waals surface area contributed by atoms with Crippen LogP contribution in [0.25, 0.3) is 0 Å². The van der Waals surface area contributed by atoms with Gasteiger partial charge in [0.05, 0.1) is 0 Å². The third kappa shape index (κ3) is 1.95. The Morgan fingerprint density at radius 2 is 1.74 bits per heavy atom. The van der Waals surface area contributed by atoms with Gasteiger partial charge in [-0.2, -0.15) is 8.42 Å². The second-order valence-electron chi connectivity index (χ2n) is 6.16. The molecule has 0 unspecified atom stereocenters. The molecule has 2 aliphatic heterocycles. The number of ether oxygens (including phenoxy) is 1. The Hall–Kier alpha value is -1.89. The quantitative estimate of drug-likeness (QED) is 0.810. The van der Waals surface area contributed by atoms with Crippen LogP contribution in [-0.2, 0) is 19.9 Å². The van der Waals surface area contributed by atoms with Crippen LogP contribution in [0, 0.1) is 0 Å². The van der Waals surface area contributed by atoms with E-state index in [-0.39, 0.29) is 0 Å². The van der Waals surface area contributed by atoms with Crippen molar-refractivity contribution in [3.8, 4) is 5.75 Å². The van der Waals surface area contributed by atoms with E-state index in [9.17, 15) is 13.5 Å². The molecular weight excluding hydrogens is 316 g/mol. The minimum atomic E-state index is -3.86. The van der Waals surface area contributed by atoms with Gasteiger partial charge in [0, 0.05) is 5.56 Å². The molecule has 6 heteroatoms. The average molecular weight is 332 g/mol. The zero-order valence-corrected chi connectivity index (χ0v) is 13.3. The lowest BCUT2D eigenvalue weighted by atomic mass is 9.72. The monoisotopic (exact) mass is 332 g/mol. The van der Waals surface area contributed by atoms with E-state index in [1.165, 1.54) is 0 Å². The fraction of sp³-hybridized carbons (Fsp3) is 0.294. The maximum Gasteiger partial charge on any atom is 0.271 e. The van der Waals surface area contributed by atoms with Gasteiger partial charge in [0.1, 0.15) is 17.1 Å². The van der Waals surface area contributed by atoms with Gasteiger partial charge in [-0.15, -0.1) is 0 Å². The summed E-state index contributed by atoms with van der Waals surface area (Å²) >= 11 is 0. The molecule has 0 aromatic heterocycles. The van der Waals surface area contributed by atoms with E-state index in [2.05, 4.69) is 0 Å². The molecule has 1 fully saturated rings. The minimum absolute atomic E-state index is 0.441. The zero-order valence-electron chi connectivity index (χ0n) is 12.5. The molecule has 2 heterocycles. The van der Waals surface area contributed by atoms with Gasteiger partial charge in [-0.3, -0.25) is 4.18 Å². The van der Waals surface area contributed by atoms with Gasteiger partial charge in [0.2, 0.25) is 0 Å². The Balaban J connectivity index is 1.98. The molecule has 0 amide bonds.